The van der Waals surface area contributed by atoms with Crippen molar-refractivity contribution in [2.45, 2.75) is 68.9 Å². The van der Waals surface area contributed by atoms with Crippen molar-refractivity contribution >= 4 is 17.4 Å². The van der Waals surface area contributed by atoms with E-state index in [-0.39, 0.29) is 17.9 Å². The van der Waals surface area contributed by atoms with Gasteiger partial charge < -0.3 is 26.1 Å². The number of urea groups is 1. The molecular weight excluding hydrogens is 402 g/mol. The van der Waals surface area contributed by atoms with E-state index in [9.17, 15) is 13.6 Å². The number of anilines is 1. The van der Waals surface area contributed by atoms with Gasteiger partial charge in [-0.2, -0.15) is 0 Å². The van der Waals surface area contributed by atoms with Crippen molar-refractivity contribution < 1.29 is 18.3 Å². The standard InChI is InChI=1S/C23H32F2N4O2/c1-31-22(11-12-22)17-6-4-5-16(20(17)27)19(26)15-8-13-29(14-9-15)21(30)28-18-7-2-3-10-23(18,24)25/h4-6,15,18,26H,2-3,7-14,27H2,1H3,(H,28,30)/t18-/m1/s1. The fourth-order valence-corrected chi connectivity index (χ4v) is 5.00. The summed E-state index contributed by atoms with van der Waals surface area (Å²) in [5.74, 6) is -2.85. The average molecular weight is 435 g/mol. The molecule has 4 rings (SSSR count). The molecule has 8 heteroatoms. The highest BCUT2D eigenvalue weighted by atomic mass is 19.3. The predicted molar refractivity (Wildman–Crippen MR) is 116 cm³/mol. The number of hydrogen-bond donors (Lipinski definition) is 3. The highest BCUT2D eigenvalue weighted by Crippen LogP contribution is 2.51. The molecule has 0 aromatic heterocycles. The van der Waals surface area contributed by atoms with Crippen molar-refractivity contribution in [1.29, 1.82) is 5.41 Å². The summed E-state index contributed by atoms with van der Waals surface area (Å²) in [4.78, 5) is 14.1. The van der Waals surface area contributed by atoms with Gasteiger partial charge in [0.05, 0.1) is 11.6 Å². The molecule has 1 saturated heterocycles. The minimum atomic E-state index is -2.84. The van der Waals surface area contributed by atoms with Gasteiger partial charge in [0, 0.05) is 55.1 Å². The summed E-state index contributed by atoms with van der Waals surface area (Å²) in [5, 5.41) is 11.3. The molecule has 2 saturated carbocycles. The number of nitrogens with zero attached hydrogens (tertiary/aromatic N) is 1. The fraction of sp³-hybridized carbons (Fsp3) is 0.652. The van der Waals surface area contributed by atoms with E-state index in [0.717, 1.165) is 24.0 Å². The van der Waals surface area contributed by atoms with E-state index >= 15 is 0 Å². The van der Waals surface area contributed by atoms with Crippen LogP contribution in [0, 0.1) is 11.3 Å². The van der Waals surface area contributed by atoms with Gasteiger partial charge in [0.1, 0.15) is 0 Å². The Morgan fingerprint density at radius 2 is 1.90 bits per heavy atom. The molecule has 1 aromatic carbocycles. The fourth-order valence-electron chi connectivity index (χ4n) is 5.00. The molecule has 2 aliphatic carbocycles. The number of carbonyl (C=O) groups is 1. The van der Waals surface area contributed by atoms with Gasteiger partial charge in [0.25, 0.3) is 5.92 Å². The lowest BCUT2D eigenvalue weighted by molar-refractivity contribution is -0.0609. The van der Waals surface area contributed by atoms with Crippen LogP contribution < -0.4 is 11.1 Å². The number of nitrogen functional groups attached to an aromatic ring is 1. The summed E-state index contributed by atoms with van der Waals surface area (Å²) < 4.78 is 33.8. The van der Waals surface area contributed by atoms with E-state index in [4.69, 9.17) is 15.9 Å². The van der Waals surface area contributed by atoms with E-state index in [0.29, 0.717) is 56.6 Å². The van der Waals surface area contributed by atoms with Crippen molar-refractivity contribution in [3.05, 3.63) is 29.3 Å². The first kappa shape index (κ1) is 22.0. The Balaban J connectivity index is 1.36. The summed E-state index contributed by atoms with van der Waals surface area (Å²) in [6.07, 6.45) is 4.46. The second-order valence-corrected chi connectivity index (χ2v) is 9.15. The first-order valence-corrected chi connectivity index (χ1v) is 11.2. The number of piperidine rings is 1. The summed E-state index contributed by atoms with van der Waals surface area (Å²) in [7, 11) is 1.69. The molecule has 31 heavy (non-hydrogen) atoms. The molecule has 1 heterocycles. The van der Waals surface area contributed by atoms with Gasteiger partial charge >= 0.3 is 6.03 Å². The van der Waals surface area contributed by atoms with Crippen molar-refractivity contribution in [1.82, 2.24) is 10.2 Å². The molecule has 1 atom stereocenters. The molecule has 1 aliphatic heterocycles. The lowest BCUT2D eigenvalue weighted by atomic mass is 9.86. The Morgan fingerprint density at radius 3 is 2.52 bits per heavy atom. The average Bonchev–Trinajstić information content (AvgIpc) is 3.56. The number of alkyl halides is 2. The van der Waals surface area contributed by atoms with Crippen LogP contribution in [0.15, 0.2) is 18.2 Å². The second kappa shape index (κ2) is 8.37. The zero-order chi connectivity index (χ0) is 22.2. The van der Waals surface area contributed by atoms with E-state index in [1.807, 2.05) is 18.2 Å². The molecular formula is C23H32F2N4O2. The number of hydrogen-bond acceptors (Lipinski definition) is 4. The number of para-hydroxylation sites is 1. The van der Waals surface area contributed by atoms with Crippen molar-refractivity contribution in [3.63, 3.8) is 0 Å². The van der Waals surface area contributed by atoms with E-state index in [1.54, 1.807) is 12.0 Å². The normalized spacial score (nSPS) is 25.1. The van der Waals surface area contributed by atoms with Crippen LogP contribution in [-0.4, -0.2) is 48.8 Å². The van der Waals surface area contributed by atoms with Crippen LogP contribution in [0.2, 0.25) is 0 Å². The number of nitrogens with two attached hydrogens (primary N) is 1. The quantitative estimate of drug-likeness (QED) is 0.477. The van der Waals surface area contributed by atoms with Crippen molar-refractivity contribution in [3.8, 4) is 0 Å². The van der Waals surface area contributed by atoms with Crippen LogP contribution in [-0.2, 0) is 10.3 Å². The maximum atomic E-state index is 14.1. The molecule has 4 N–H and O–H groups in total. The first-order chi connectivity index (χ1) is 14.8. The highest BCUT2D eigenvalue weighted by Gasteiger charge is 2.46. The van der Waals surface area contributed by atoms with Crippen LogP contribution in [0.25, 0.3) is 0 Å². The molecule has 0 spiro atoms. The third-order valence-corrected chi connectivity index (χ3v) is 7.23. The molecule has 3 fully saturated rings. The number of halogens is 2. The number of nitrogens with one attached hydrogen (secondary N) is 2. The predicted octanol–water partition coefficient (Wildman–Crippen LogP) is 4.27. The summed E-state index contributed by atoms with van der Waals surface area (Å²) in [5.41, 5.74) is 8.87. The summed E-state index contributed by atoms with van der Waals surface area (Å²) in [6, 6.07) is 4.26. The van der Waals surface area contributed by atoms with Gasteiger partial charge in [0.15, 0.2) is 0 Å². The minimum Gasteiger partial charge on any atom is -0.398 e. The Kier molecular flexibility index (Phi) is 5.94. The number of ether oxygens (including phenoxy) is 1. The number of methoxy groups -OCH3 is 1. The second-order valence-electron chi connectivity index (χ2n) is 9.15. The first-order valence-electron chi connectivity index (χ1n) is 11.2. The number of benzene rings is 1. The van der Waals surface area contributed by atoms with Gasteiger partial charge in [0.2, 0.25) is 0 Å². The summed E-state index contributed by atoms with van der Waals surface area (Å²) >= 11 is 0. The Labute approximate surface area is 182 Å². The monoisotopic (exact) mass is 434 g/mol. The zero-order valence-electron chi connectivity index (χ0n) is 18.1. The number of amides is 2. The number of rotatable bonds is 5. The largest absolute Gasteiger partial charge is 0.398 e. The maximum absolute atomic E-state index is 14.1. The van der Waals surface area contributed by atoms with E-state index < -0.39 is 18.0 Å². The van der Waals surface area contributed by atoms with Crippen LogP contribution in [0.1, 0.15) is 62.5 Å². The molecule has 0 bridgehead atoms. The van der Waals surface area contributed by atoms with Crippen molar-refractivity contribution in [2.24, 2.45) is 5.92 Å². The molecule has 2 amide bonds. The lowest BCUT2D eigenvalue weighted by Crippen LogP contribution is -2.54. The van der Waals surface area contributed by atoms with Crippen LogP contribution >= 0.6 is 0 Å². The van der Waals surface area contributed by atoms with Gasteiger partial charge in [-0.05, 0) is 38.5 Å². The molecule has 3 aliphatic rings. The number of carbonyl (C=O) groups excluding carboxylic acids is 1. The molecule has 6 nitrogen and oxygen atoms in total. The molecule has 170 valence electrons. The highest BCUT2D eigenvalue weighted by molar-refractivity contribution is 6.04. The van der Waals surface area contributed by atoms with Crippen LogP contribution in [0.3, 0.4) is 0 Å². The van der Waals surface area contributed by atoms with Crippen molar-refractivity contribution in [2.75, 3.05) is 25.9 Å². The topological polar surface area (TPSA) is 91.4 Å². The lowest BCUT2D eigenvalue weighted by Gasteiger charge is -2.36. The zero-order valence-corrected chi connectivity index (χ0v) is 18.1. The van der Waals surface area contributed by atoms with Crippen LogP contribution in [0.4, 0.5) is 19.3 Å². The smallest absolute Gasteiger partial charge is 0.317 e. The SMILES string of the molecule is COC1(c2cccc(C(=N)C3CCN(C(=O)N[C@@H]4CCCCC4(F)F)CC3)c2N)CC1. The van der Waals surface area contributed by atoms with E-state index in [1.165, 1.54) is 0 Å². The molecule has 0 radical (unpaired) electrons. The third kappa shape index (κ3) is 4.27. The van der Waals surface area contributed by atoms with Gasteiger partial charge in [-0.25, -0.2) is 13.6 Å². The van der Waals surface area contributed by atoms with Gasteiger partial charge in [-0.3, -0.25) is 0 Å². The Morgan fingerprint density at radius 1 is 1.19 bits per heavy atom. The number of likely N-dealkylation sites (tertiary alicyclic amines) is 1. The Bertz CT molecular complexity index is 848. The van der Waals surface area contributed by atoms with Gasteiger partial charge in [-0.1, -0.05) is 24.6 Å². The molecule has 0 unspecified atom stereocenters. The van der Waals surface area contributed by atoms with Crippen LogP contribution in [0.5, 0.6) is 0 Å². The maximum Gasteiger partial charge on any atom is 0.317 e. The van der Waals surface area contributed by atoms with E-state index in [2.05, 4.69) is 5.32 Å². The third-order valence-electron chi connectivity index (χ3n) is 7.23. The molecule has 1 aromatic rings. The summed E-state index contributed by atoms with van der Waals surface area (Å²) in [6.45, 7) is 0.886. The van der Waals surface area contributed by atoms with Gasteiger partial charge in [-0.15, -0.1) is 0 Å². The minimum absolute atomic E-state index is 0.0181. The Hall–Kier alpha value is -2.22.